The number of ether oxygens (including phenoxy) is 2. The van der Waals surface area contributed by atoms with Crippen molar-refractivity contribution in [1.82, 2.24) is 4.90 Å². The summed E-state index contributed by atoms with van der Waals surface area (Å²) in [4.78, 5) is 25.4. The summed E-state index contributed by atoms with van der Waals surface area (Å²) in [7, 11) is 0. The molecule has 0 bridgehead atoms. The molecule has 7 nitrogen and oxygen atoms in total. The summed E-state index contributed by atoms with van der Waals surface area (Å²) in [5.74, 6) is 0.139. The van der Waals surface area contributed by atoms with E-state index in [4.69, 9.17) is 14.6 Å². The first kappa shape index (κ1) is 15.6. The third-order valence-electron chi connectivity index (χ3n) is 4.45. The quantitative estimate of drug-likeness (QED) is 0.875. The average Bonchev–Trinajstić information content (AvgIpc) is 3.01. The van der Waals surface area contributed by atoms with Gasteiger partial charge in [-0.05, 0) is 45.0 Å². The molecule has 2 N–H and O–H groups in total. The van der Waals surface area contributed by atoms with E-state index >= 15 is 0 Å². The van der Waals surface area contributed by atoms with Crippen LogP contribution in [0, 0.1) is 5.92 Å². The number of likely N-dealkylation sites (tertiary alicyclic amines) is 1. The van der Waals surface area contributed by atoms with E-state index < -0.39 is 5.97 Å². The zero-order valence-corrected chi connectivity index (χ0v) is 12.9. The summed E-state index contributed by atoms with van der Waals surface area (Å²) in [6.07, 6.45) is 1.16. The number of hydrogen-bond acceptors (Lipinski definition) is 5. The van der Waals surface area contributed by atoms with Gasteiger partial charge in [-0.25, -0.2) is 0 Å². The molecule has 2 heterocycles. The third-order valence-corrected chi connectivity index (χ3v) is 4.45. The highest BCUT2D eigenvalue weighted by Gasteiger charge is 2.29. The molecule has 2 aliphatic heterocycles. The van der Waals surface area contributed by atoms with Crippen LogP contribution in [-0.2, 0) is 9.59 Å². The molecule has 1 saturated heterocycles. The Morgan fingerprint density at radius 2 is 1.96 bits per heavy atom. The summed E-state index contributed by atoms with van der Waals surface area (Å²) in [5.41, 5.74) is 0.659. The molecule has 1 amide bonds. The van der Waals surface area contributed by atoms with Crippen molar-refractivity contribution in [2.45, 2.75) is 25.8 Å². The molecule has 1 aromatic rings. The third kappa shape index (κ3) is 3.39. The molecule has 0 spiro atoms. The Labute approximate surface area is 134 Å². The maximum absolute atomic E-state index is 12.4. The van der Waals surface area contributed by atoms with Gasteiger partial charge in [-0.2, -0.15) is 0 Å². The molecule has 1 aromatic carbocycles. The van der Waals surface area contributed by atoms with Crippen LogP contribution in [0.1, 0.15) is 19.8 Å². The van der Waals surface area contributed by atoms with E-state index in [0.717, 1.165) is 0 Å². The Kier molecular flexibility index (Phi) is 4.38. The van der Waals surface area contributed by atoms with Crippen LogP contribution in [-0.4, -0.2) is 47.8 Å². The fourth-order valence-electron chi connectivity index (χ4n) is 2.92. The molecule has 0 saturated carbocycles. The van der Waals surface area contributed by atoms with Crippen molar-refractivity contribution >= 4 is 17.6 Å². The molecule has 7 heteroatoms. The molecule has 1 fully saturated rings. The van der Waals surface area contributed by atoms with Crippen molar-refractivity contribution < 1.29 is 24.2 Å². The van der Waals surface area contributed by atoms with Crippen molar-refractivity contribution in [1.29, 1.82) is 0 Å². The predicted octanol–water partition coefficient (Wildman–Crippen LogP) is 1.54. The Balaban J connectivity index is 1.57. The van der Waals surface area contributed by atoms with Gasteiger partial charge in [0.1, 0.15) is 0 Å². The zero-order valence-electron chi connectivity index (χ0n) is 12.9. The van der Waals surface area contributed by atoms with Gasteiger partial charge in [0.2, 0.25) is 12.7 Å². The zero-order chi connectivity index (χ0) is 16.4. The van der Waals surface area contributed by atoms with E-state index in [-0.39, 0.29) is 24.7 Å². The standard InChI is InChI=1S/C16H20N2O5/c1-10(18-6-4-11(5-7-18)16(20)21)15(19)17-12-2-3-13-14(8-12)23-9-22-13/h2-3,8,10-11H,4-7,9H2,1H3,(H,17,19)(H,20,21). The number of aliphatic carboxylic acids is 1. The van der Waals surface area contributed by atoms with Crippen LogP contribution in [0.3, 0.4) is 0 Å². The second-order valence-corrected chi connectivity index (χ2v) is 5.88. The lowest BCUT2D eigenvalue weighted by Crippen LogP contribution is -2.46. The number of carbonyl (C=O) groups excluding carboxylic acids is 1. The number of fused-ring (bicyclic) bond motifs is 1. The smallest absolute Gasteiger partial charge is 0.306 e. The molecule has 0 radical (unpaired) electrons. The lowest BCUT2D eigenvalue weighted by molar-refractivity contribution is -0.143. The van der Waals surface area contributed by atoms with Gasteiger partial charge < -0.3 is 19.9 Å². The predicted molar refractivity (Wildman–Crippen MR) is 82.6 cm³/mol. The van der Waals surface area contributed by atoms with Crippen molar-refractivity contribution in [3.8, 4) is 11.5 Å². The Hall–Kier alpha value is -2.28. The molecular weight excluding hydrogens is 300 g/mol. The number of amides is 1. The van der Waals surface area contributed by atoms with Crippen molar-refractivity contribution in [2.75, 3.05) is 25.2 Å². The number of rotatable bonds is 4. The van der Waals surface area contributed by atoms with Crippen LogP contribution in [0.4, 0.5) is 5.69 Å². The number of benzene rings is 1. The molecule has 0 aromatic heterocycles. The number of anilines is 1. The molecule has 1 atom stereocenters. The van der Waals surface area contributed by atoms with Gasteiger partial charge in [0.15, 0.2) is 11.5 Å². The van der Waals surface area contributed by atoms with E-state index in [1.807, 2.05) is 11.8 Å². The molecular formula is C16H20N2O5. The first-order valence-corrected chi connectivity index (χ1v) is 7.72. The number of nitrogens with zero attached hydrogens (tertiary/aromatic N) is 1. The maximum Gasteiger partial charge on any atom is 0.306 e. The van der Waals surface area contributed by atoms with E-state index in [0.29, 0.717) is 43.1 Å². The van der Waals surface area contributed by atoms with Crippen LogP contribution in [0.2, 0.25) is 0 Å². The lowest BCUT2D eigenvalue weighted by Gasteiger charge is -2.33. The number of carbonyl (C=O) groups is 2. The van der Waals surface area contributed by atoms with E-state index in [1.165, 1.54) is 0 Å². The maximum atomic E-state index is 12.4. The Morgan fingerprint density at radius 3 is 2.65 bits per heavy atom. The minimum atomic E-state index is -0.748. The molecule has 3 rings (SSSR count). The van der Waals surface area contributed by atoms with Gasteiger partial charge in [-0.1, -0.05) is 0 Å². The number of piperidine rings is 1. The molecule has 0 aliphatic carbocycles. The monoisotopic (exact) mass is 320 g/mol. The first-order chi connectivity index (χ1) is 11.0. The number of nitrogens with one attached hydrogen (secondary N) is 1. The van der Waals surface area contributed by atoms with Gasteiger partial charge in [0.05, 0.1) is 12.0 Å². The summed E-state index contributed by atoms with van der Waals surface area (Å²) >= 11 is 0. The lowest BCUT2D eigenvalue weighted by atomic mass is 9.96. The topological polar surface area (TPSA) is 88.1 Å². The van der Waals surface area contributed by atoms with Gasteiger partial charge in [-0.3, -0.25) is 14.5 Å². The van der Waals surface area contributed by atoms with E-state index in [1.54, 1.807) is 18.2 Å². The Morgan fingerprint density at radius 1 is 1.26 bits per heavy atom. The second-order valence-electron chi connectivity index (χ2n) is 5.88. The SMILES string of the molecule is CC(C(=O)Nc1ccc2c(c1)OCO2)N1CCC(C(=O)O)CC1. The first-order valence-electron chi connectivity index (χ1n) is 7.72. The summed E-state index contributed by atoms with van der Waals surface area (Å²) in [6, 6.07) is 4.97. The fourth-order valence-corrected chi connectivity index (χ4v) is 2.92. The van der Waals surface area contributed by atoms with Crippen LogP contribution < -0.4 is 14.8 Å². The molecule has 23 heavy (non-hydrogen) atoms. The fraction of sp³-hybridized carbons (Fsp3) is 0.500. The van der Waals surface area contributed by atoms with Crippen LogP contribution in [0.15, 0.2) is 18.2 Å². The van der Waals surface area contributed by atoms with Gasteiger partial charge in [0, 0.05) is 11.8 Å². The summed E-state index contributed by atoms with van der Waals surface area (Å²) in [5, 5.41) is 11.9. The minimum Gasteiger partial charge on any atom is -0.481 e. The highest BCUT2D eigenvalue weighted by atomic mass is 16.7. The minimum absolute atomic E-state index is 0.113. The van der Waals surface area contributed by atoms with Crippen molar-refractivity contribution in [2.24, 2.45) is 5.92 Å². The highest BCUT2D eigenvalue weighted by molar-refractivity contribution is 5.94. The molecule has 124 valence electrons. The highest BCUT2D eigenvalue weighted by Crippen LogP contribution is 2.34. The van der Waals surface area contributed by atoms with Gasteiger partial charge >= 0.3 is 5.97 Å². The summed E-state index contributed by atoms with van der Waals surface area (Å²) in [6.45, 7) is 3.27. The normalized spacial score (nSPS) is 19.3. The number of hydrogen-bond donors (Lipinski definition) is 2. The Bertz CT molecular complexity index is 610. The molecule has 1 unspecified atom stereocenters. The van der Waals surface area contributed by atoms with E-state index in [2.05, 4.69) is 5.32 Å². The van der Waals surface area contributed by atoms with Gasteiger partial charge in [-0.15, -0.1) is 0 Å². The number of carboxylic acid groups (broad SMARTS) is 1. The van der Waals surface area contributed by atoms with Crippen LogP contribution in [0.5, 0.6) is 11.5 Å². The van der Waals surface area contributed by atoms with Crippen molar-refractivity contribution in [3.05, 3.63) is 18.2 Å². The van der Waals surface area contributed by atoms with E-state index in [9.17, 15) is 9.59 Å². The van der Waals surface area contributed by atoms with Crippen molar-refractivity contribution in [3.63, 3.8) is 0 Å². The molecule has 2 aliphatic rings. The van der Waals surface area contributed by atoms with Crippen LogP contribution in [0.25, 0.3) is 0 Å². The van der Waals surface area contributed by atoms with Crippen LogP contribution >= 0.6 is 0 Å². The number of carboxylic acids is 1. The van der Waals surface area contributed by atoms with Gasteiger partial charge in [0.25, 0.3) is 0 Å². The average molecular weight is 320 g/mol. The summed E-state index contributed by atoms with van der Waals surface area (Å²) < 4.78 is 10.5. The largest absolute Gasteiger partial charge is 0.481 e. The second kappa shape index (κ2) is 6.45.